The average Bonchev–Trinajstić information content (AvgIpc) is 2.35. The van der Waals surface area contributed by atoms with Crippen LogP contribution in [0.25, 0.3) is 10.9 Å². The number of unbranched alkanes of at least 4 members (excludes halogenated alkanes) is 2. The van der Waals surface area contributed by atoms with Crippen LogP contribution < -0.4 is 5.32 Å². The van der Waals surface area contributed by atoms with Crippen LogP contribution >= 0.6 is 15.9 Å². The molecule has 0 aliphatic carbocycles. The van der Waals surface area contributed by atoms with Crippen LogP contribution in [0.3, 0.4) is 0 Å². The molecule has 2 rings (SSSR count). The monoisotopic (exact) mass is 293 g/mol. The number of nitrogens with one attached hydrogen (secondary N) is 1. The second-order valence-electron chi connectivity index (χ2n) is 4.00. The zero-order chi connectivity index (χ0) is 12.1. The number of nitrogens with zero attached hydrogens (tertiary/aromatic N) is 2. The Labute approximate surface area is 110 Å². The van der Waals surface area contributed by atoms with Crippen molar-refractivity contribution < 1.29 is 0 Å². The number of benzene rings is 1. The van der Waals surface area contributed by atoms with Crippen LogP contribution in [0.5, 0.6) is 0 Å². The highest BCUT2D eigenvalue weighted by Gasteiger charge is 2.01. The van der Waals surface area contributed by atoms with E-state index >= 15 is 0 Å². The van der Waals surface area contributed by atoms with Crippen LogP contribution in [0.2, 0.25) is 0 Å². The predicted molar refractivity (Wildman–Crippen MR) is 75.3 cm³/mol. The van der Waals surface area contributed by atoms with Crippen LogP contribution in [0.4, 0.5) is 5.95 Å². The minimum atomic E-state index is 0.715. The topological polar surface area (TPSA) is 37.8 Å². The highest BCUT2D eigenvalue weighted by molar-refractivity contribution is 9.10. The summed E-state index contributed by atoms with van der Waals surface area (Å²) in [7, 11) is 0. The predicted octanol–water partition coefficient (Wildman–Crippen LogP) is 3.99. The Balaban J connectivity index is 2.10. The van der Waals surface area contributed by atoms with E-state index in [1.807, 2.05) is 24.4 Å². The van der Waals surface area contributed by atoms with Crippen LogP contribution in [0.1, 0.15) is 26.2 Å². The number of anilines is 1. The Hall–Kier alpha value is -1.16. The zero-order valence-electron chi connectivity index (χ0n) is 9.91. The lowest BCUT2D eigenvalue weighted by Gasteiger charge is -2.05. The minimum Gasteiger partial charge on any atom is -0.354 e. The fourth-order valence-corrected chi connectivity index (χ4v) is 2.14. The first kappa shape index (κ1) is 12.3. The van der Waals surface area contributed by atoms with Crippen LogP contribution in [0, 0.1) is 0 Å². The number of rotatable bonds is 5. The molecule has 0 radical (unpaired) electrons. The number of halogens is 1. The zero-order valence-corrected chi connectivity index (χ0v) is 11.5. The molecule has 1 aromatic carbocycles. The van der Waals surface area contributed by atoms with E-state index in [1.54, 1.807) is 0 Å². The molecule has 0 aliphatic heterocycles. The molecule has 2 aromatic rings. The van der Waals surface area contributed by atoms with E-state index in [1.165, 1.54) is 12.8 Å². The maximum atomic E-state index is 4.48. The quantitative estimate of drug-likeness (QED) is 0.847. The highest BCUT2D eigenvalue weighted by atomic mass is 79.9. The normalized spacial score (nSPS) is 10.7. The molecule has 0 amide bonds. The SMILES string of the molecule is CCCCCNc1ncc2c(Br)cccc2n1. The molecular formula is C13H16BrN3. The van der Waals surface area contributed by atoms with E-state index in [4.69, 9.17) is 0 Å². The van der Waals surface area contributed by atoms with E-state index in [0.29, 0.717) is 5.95 Å². The summed E-state index contributed by atoms with van der Waals surface area (Å²) in [6.07, 6.45) is 5.49. The van der Waals surface area contributed by atoms with Crippen molar-refractivity contribution in [1.82, 2.24) is 9.97 Å². The number of hydrogen-bond acceptors (Lipinski definition) is 3. The number of aromatic nitrogens is 2. The fraction of sp³-hybridized carbons (Fsp3) is 0.385. The van der Waals surface area contributed by atoms with E-state index in [9.17, 15) is 0 Å². The summed E-state index contributed by atoms with van der Waals surface area (Å²) >= 11 is 3.49. The molecule has 1 N–H and O–H groups in total. The second-order valence-corrected chi connectivity index (χ2v) is 4.85. The van der Waals surface area contributed by atoms with Crippen LogP contribution in [0.15, 0.2) is 28.9 Å². The molecule has 90 valence electrons. The van der Waals surface area contributed by atoms with Crippen LogP contribution in [-0.4, -0.2) is 16.5 Å². The lowest BCUT2D eigenvalue weighted by molar-refractivity contribution is 0.741. The minimum absolute atomic E-state index is 0.715. The van der Waals surface area contributed by atoms with Gasteiger partial charge in [0.15, 0.2) is 0 Å². The molecule has 0 unspecified atom stereocenters. The van der Waals surface area contributed by atoms with E-state index in [-0.39, 0.29) is 0 Å². The lowest BCUT2D eigenvalue weighted by Crippen LogP contribution is -2.05. The summed E-state index contributed by atoms with van der Waals surface area (Å²) in [6, 6.07) is 5.99. The molecule has 3 nitrogen and oxygen atoms in total. The van der Waals surface area contributed by atoms with Gasteiger partial charge in [-0.15, -0.1) is 0 Å². The van der Waals surface area contributed by atoms with Crippen molar-refractivity contribution in [1.29, 1.82) is 0 Å². The third kappa shape index (κ3) is 3.16. The molecule has 0 saturated carbocycles. The summed E-state index contributed by atoms with van der Waals surface area (Å²) in [5.41, 5.74) is 0.965. The lowest BCUT2D eigenvalue weighted by atomic mass is 10.2. The Morgan fingerprint density at radius 3 is 3.00 bits per heavy atom. The average molecular weight is 294 g/mol. The molecule has 0 spiro atoms. The van der Waals surface area contributed by atoms with Gasteiger partial charge in [-0.1, -0.05) is 41.8 Å². The third-order valence-electron chi connectivity index (χ3n) is 2.64. The summed E-state index contributed by atoms with van der Waals surface area (Å²) in [5.74, 6) is 0.715. The summed E-state index contributed by atoms with van der Waals surface area (Å²) in [4.78, 5) is 8.79. The summed E-state index contributed by atoms with van der Waals surface area (Å²) in [5, 5.41) is 4.30. The van der Waals surface area contributed by atoms with Gasteiger partial charge >= 0.3 is 0 Å². The van der Waals surface area contributed by atoms with E-state index in [2.05, 4.69) is 38.1 Å². The summed E-state index contributed by atoms with van der Waals surface area (Å²) < 4.78 is 1.03. The molecule has 0 bridgehead atoms. The van der Waals surface area contributed by atoms with Crippen molar-refractivity contribution in [3.63, 3.8) is 0 Å². The smallest absolute Gasteiger partial charge is 0.223 e. The van der Waals surface area contributed by atoms with Gasteiger partial charge in [-0.3, -0.25) is 0 Å². The second kappa shape index (κ2) is 5.96. The summed E-state index contributed by atoms with van der Waals surface area (Å²) in [6.45, 7) is 3.14. The standard InChI is InChI=1S/C13H16BrN3/c1-2-3-4-8-15-13-16-9-10-11(14)6-5-7-12(10)17-13/h5-7,9H,2-4,8H2,1H3,(H,15,16,17). The van der Waals surface area contributed by atoms with E-state index < -0.39 is 0 Å². The van der Waals surface area contributed by atoms with Crippen molar-refractivity contribution in [2.24, 2.45) is 0 Å². The molecule has 0 atom stereocenters. The molecule has 17 heavy (non-hydrogen) atoms. The third-order valence-corrected chi connectivity index (χ3v) is 3.33. The van der Waals surface area contributed by atoms with Crippen LogP contribution in [-0.2, 0) is 0 Å². The fourth-order valence-electron chi connectivity index (χ4n) is 1.68. The van der Waals surface area contributed by atoms with Crippen molar-refractivity contribution in [2.75, 3.05) is 11.9 Å². The molecule has 4 heteroatoms. The Bertz CT molecular complexity index is 499. The molecular weight excluding hydrogens is 278 g/mol. The van der Waals surface area contributed by atoms with Gasteiger partial charge in [0, 0.05) is 22.6 Å². The molecule has 0 saturated heterocycles. The van der Waals surface area contributed by atoms with Gasteiger partial charge in [-0.2, -0.15) is 0 Å². The van der Waals surface area contributed by atoms with Crippen molar-refractivity contribution in [2.45, 2.75) is 26.2 Å². The van der Waals surface area contributed by atoms with Crippen molar-refractivity contribution in [3.8, 4) is 0 Å². The van der Waals surface area contributed by atoms with Gasteiger partial charge in [0.2, 0.25) is 5.95 Å². The first-order valence-electron chi connectivity index (χ1n) is 5.96. The van der Waals surface area contributed by atoms with Gasteiger partial charge in [0.25, 0.3) is 0 Å². The maximum Gasteiger partial charge on any atom is 0.223 e. The Kier molecular flexibility index (Phi) is 4.31. The van der Waals surface area contributed by atoms with Gasteiger partial charge in [0.1, 0.15) is 0 Å². The largest absolute Gasteiger partial charge is 0.354 e. The first-order chi connectivity index (χ1) is 8.31. The van der Waals surface area contributed by atoms with Gasteiger partial charge in [-0.25, -0.2) is 9.97 Å². The Morgan fingerprint density at radius 2 is 2.18 bits per heavy atom. The molecule has 0 fully saturated rings. The van der Waals surface area contributed by atoms with Gasteiger partial charge in [-0.05, 0) is 18.6 Å². The maximum absolute atomic E-state index is 4.48. The van der Waals surface area contributed by atoms with Crippen molar-refractivity contribution >= 4 is 32.8 Å². The van der Waals surface area contributed by atoms with Gasteiger partial charge < -0.3 is 5.32 Å². The Morgan fingerprint density at radius 1 is 1.29 bits per heavy atom. The van der Waals surface area contributed by atoms with Gasteiger partial charge in [0.05, 0.1) is 5.52 Å². The molecule has 1 aromatic heterocycles. The number of fused-ring (bicyclic) bond motifs is 1. The first-order valence-corrected chi connectivity index (χ1v) is 6.75. The van der Waals surface area contributed by atoms with E-state index in [0.717, 1.165) is 28.3 Å². The van der Waals surface area contributed by atoms with Crippen molar-refractivity contribution in [3.05, 3.63) is 28.9 Å². The molecule has 1 heterocycles. The molecule has 0 aliphatic rings. The number of hydrogen-bond donors (Lipinski definition) is 1. The highest BCUT2D eigenvalue weighted by Crippen LogP contribution is 2.22.